The van der Waals surface area contributed by atoms with E-state index >= 15 is 0 Å². The Morgan fingerprint density at radius 1 is 1.10 bits per heavy atom. The topological polar surface area (TPSA) is 41.5 Å². The van der Waals surface area contributed by atoms with Gasteiger partial charge in [-0.15, -0.1) is 0 Å². The highest BCUT2D eigenvalue weighted by Gasteiger charge is 2.44. The number of likely N-dealkylation sites (tertiary alicyclic amines) is 1. The molecule has 1 unspecified atom stereocenters. The van der Waals surface area contributed by atoms with Gasteiger partial charge >= 0.3 is 0 Å². The average Bonchev–Trinajstić information content (AvgIpc) is 3.19. The normalized spacial score (nSPS) is 29.3. The van der Waals surface area contributed by atoms with Crippen LogP contribution in [-0.4, -0.2) is 59.3 Å². The zero-order valence-corrected chi connectivity index (χ0v) is 12.6. The number of piperidine rings is 1. The van der Waals surface area contributed by atoms with Gasteiger partial charge in [-0.25, -0.2) is 4.98 Å². The summed E-state index contributed by atoms with van der Waals surface area (Å²) in [5.41, 5.74) is 0.131. The largest absolute Gasteiger partial charge is 0.373 e. The highest BCUT2D eigenvalue weighted by molar-refractivity contribution is 5.36. The van der Waals surface area contributed by atoms with Gasteiger partial charge in [0.2, 0.25) is 0 Å². The molecule has 1 spiro atoms. The molecule has 4 heterocycles. The van der Waals surface area contributed by atoms with Gasteiger partial charge in [-0.2, -0.15) is 0 Å². The third-order valence-corrected chi connectivity index (χ3v) is 5.39. The molecule has 0 radical (unpaired) electrons. The second-order valence-corrected chi connectivity index (χ2v) is 6.65. The third-order valence-electron chi connectivity index (χ3n) is 5.39. The molecule has 0 aromatic carbocycles. The molecular weight excluding hydrogens is 264 g/mol. The molecule has 0 aliphatic carbocycles. The maximum atomic E-state index is 6.29. The molecule has 0 amide bonds. The first-order valence-electron chi connectivity index (χ1n) is 8.24. The first kappa shape index (κ1) is 13.5. The summed E-state index contributed by atoms with van der Waals surface area (Å²) in [6.45, 7) is 5.55. The van der Waals surface area contributed by atoms with Crippen molar-refractivity contribution in [1.29, 1.82) is 0 Å². The fourth-order valence-corrected chi connectivity index (χ4v) is 4.11. The molecule has 0 saturated carbocycles. The molecule has 0 N–H and O–H groups in total. The maximum absolute atomic E-state index is 6.29. The van der Waals surface area contributed by atoms with Crippen LogP contribution in [-0.2, 0) is 4.74 Å². The molecule has 1 aromatic rings. The molecule has 21 heavy (non-hydrogen) atoms. The van der Waals surface area contributed by atoms with Crippen molar-refractivity contribution >= 4 is 5.82 Å². The Balaban J connectivity index is 1.37. The van der Waals surface area contributed by atoms with E-state index in [0.717, 1.165) is 38.4 Å². The van der Waals surface area contributed by atoms with Crippen LogP contribution in [0, 0.1) is 0 Å². The second-order valence-electron chi connectivity index (χ2n) is 6.65. The van der Waals surface area contributed by atoms with Crippen LogP contribution in [0.3, 0.4) is 0 Å². The molecule has 1 aromatic heterocycles. The van der Waals surface area contributed by atoms with Gasteiger partial charge in [0.25, 0.3) is 0 Å². The summed E-state index contributed by atoms with van der Waals surface area (Å²) in [7, 11) is 0. The van der Waals surface area contributed by atoms with E-state index in [9.17, 15) is 0 Å². The summed E-state index contributed by atoms with van der Waals surface area (Å²) in [5, 5.41) is 0. The van der Waals surface area contributed by atoms with Crippen molar-refractivity contribution in [3.63, 3.8) is 0 Å². The molecule has 3 aliphatic rings. The van der Waals surface area contributed by atoms with Gasteiger partial charge in [-0.3, -0.25) is 9.88 Å². The van der Waals surface area contributed by atoms with Crippen molar-refractivity contribution in [3.05, 3.63) is 18.6 Å². The van der Waals surface area contributed by atoms with Crippen LogP contribution in [0.25, 0.3) is 0 Å². The lowest BCUT2D eigenvalue weighted by Gasteiger charge is -2.39. The lowest BCUT2D eigenvalue weighted by Crippen LogP contribution is -2.45. The number of hydrogen-bond acceptors (Lipinski definition) is 5. The van der Waals surface area contributed by atoms with Gasteiger partial charge in [-0.1, -0.05) is 0 Å². The first-order chi connectivity index (χ1) is 10.3. The second kappa shape index (κ2) is 5.54. The fraction of sp³-hybridized carbons (Fsp3) is 0.750. The first-order valence-corrected chi connectivity index (χ1v) is 8.24. The van der Waals surface area contributed by atoms with Gasteiger partial charge < -0.3 is 9.64 Å². The Kier molecular flexibility index (Phi) is 3.55. The minimum Gasteiger partial charge on any atom is -0.373 e. The Morgan fingerprint density at radius 3 is 2.62 bits per heavy atom. The number of anilines is 1. The fourth-order valence-electron chi connectivity index (χ4n) is 4.11. The lowest BCUT2D eigenvalue weighted by atomic mass is 9.87. The minimum absolute atomic E-state index is 0.131. The van der Waals surface area contributed by atoms with Gasteiger partial charge in [0.1, 0.15) is 5.82 Å². The lowest BCUT2D eigenvalue weighted by molar-refractivity contribution is -0.0158. The van der Waals surface area contributed by atoms with E-state index in [-0.39, 0.29) is 5.60 Å². The molecule has 3 saturated heterocycles. The Morgan fingerprint density at radius 2 is 1.90 bits per heavy atom. The number of hydrogen-bond donors (Lipinski definition) is 0. The number of nitrogens with zero attached hydrogens (tertiary/aromatic N) is 4. The molecule has 4 rings (SSSR count). The van der Waals surface area contributed by atoms with Gasteiger partial charge in [0.05, 0.1) is 18.4 Å². The Hall–Kier alpha value is -1.20. The van der Waals surface area contributed by atoms with E-state index in [0.29, 0.717) is 6.04 Å². The van der Waals surface area contributed by atoms with Crippen LogP contribution in [0.5, 0.6) is 0 Å². The molecule has 114 valence electrons. The quantitative estimate of drug-likeness (QED) is 0.828. The molecular formula is C16H24N4O. The van der Waals surface area contributed by atoms with E-state index in [1.165, 1.54) is 32.4 Å². The van der Waals surface area contributed by atoms with Crippen molar-refractivity contribution in [2.45, 2.75) is 43.7 Å². The van der Waals surface area contributed by atoms with Crippen molar-refractivity contribution in [1.82, 2.24) is 14.9 Å². The van der Waals surface area contributed by atoms with Gasteiger partial charge in [0, 0.05) is 31.5 Å². The van der Waals surface area contributed by atoms with E-state index in [1.807, 2.05) is 6.20 Å². The van der Waals surface area contributed by atoms with Crippen LogP contribution in [0.15, 0.2) is 18.6 Å². The summed E-state index contributed by atoms with van der Waals surface area (Å²) in [4.78, 5) is 13.6. The van der Waals surface area contributed by atoms with Crippen LogP contribution in [0.4, 0.5) is 5.82 Å². The minimum atomic E-state index is 0.131. The highest BCUT2D eigenvalue weighted by atomic mass is 16.5. The summed E-state index contributed by atoms with van der Waals surface area (Å²) in [5.74, 6) is 1.00. The predicted molar refractivity (Wildman–Crippen MR) is 81.4 cm³/mol. The Bertz CT molecular complexity index is 466. The van der Waals surface area contributed by atoms with E-state index in [4.69, 9.17) is 4.74 Å². The van der Waals surface area contributed by atoms with E-state index in [1.54, 1.807) is 12.4 Å². The molecule has 3 fully saturated rings. The Labute approximate surface area is 126 Å². The number of ether oxygens (including phenoxy) is 1. The van der Waals surface area contributed by atoms with Crippen molar-refractivity contribution in [3.8, 4) is 0 Å². The zero-order chi connectivity index (χ0) is 14.1. The summed E-state index contributed by atoms with van der Waals surface area (Å²) in [6, 6.07) is 0.663. The van der Waals surface area contributed by atoms with Crippen LogP contribution in [0.1, 0.15) is 32.1 Å². The molecule has 1 atom stereocenters. The smallest absolute Gasteiger partial charge is 0.147 e. The van der Waals surface area contributed by atoms with Crippen LogP contribution in [0.2, 0.25) is 0 Å². The van der Waals surface area contributed by atoms with Crippen molar-refractivity contribution in [2.75, 3.05) is 37.7 Å². The zero-order valence-electron chi connectivity index (χ0n) is 12.6. The standard InChI is InChI=1S/C16H24N4O/c1-2-8-19(7-1)14-11-16(21-13-14)3-9-20(10-4-16)15-12-17-5-6-18-15/h5-6,12,14H,1-4,7-11,13H2. The maximum Gasteiger partial charge on any atom is 0.147 e. The van der Waals surface area contributed by atoms with Crippen LogP contribution >= 0.6 is 0 Å². The molecule has 0 bridgehead atoms. The predicted octanol–water partition coefficient (Wildman–Crippen LogP) is 1.70. The van der Waals surface area contributed by atoms with E-state index in [2.05, 4.69) is 19.8 Å². The van der Waals surface area contributed by atoms with Gasteiger partial charge in [-0.05, 0) is 45.2 Å². The van der Waals surface area contributed by atoms with Crippen molar-refractivity contribution in [2.24, 2.45) is 0 Å². The summed E-state index contributed by atoms with van der Waals surface area (Å²) >= 11 is 0. The molecule has 5 nitrogen and oxygen atoms in total. The SMILES string of the molecule is c1cnc(N2CCC3(CC2)CC(N2CCCC2)CO3)cn1. The highest BCUT2D eigenvalue weighted by Crippen LogP contribution is 2.38. The molecule has 3 aliphatic heterocycles. The summed E-state index contributed by atoms with van der Waals surface area (Å²) < 4.78 is 6.29. The number of aromatic nitrogens is 2. The molecule has 5 heteroatoms. The van der Waals surface area contributed by atoms with Crippen molar-refractivity contribution < 1.29 is 4.74 Å². The van der Waals surface area contributed by atoms with E-state index < -0.39 is 0 Å². The van der Waals surface area contributed by atoms with Gasteiger partial charge in [0.15, 0.2) is 0 Å². The average molecular weight is 288 g/mol. The van der Waals surface area contributed by atoms with Crippen LogP contribution < -0.4 is 4.90 Å². The third kappa shape index (κ3) is 2.64. The number of rotatable bonds is 2. The summed E-state index contributed by atoms with van der Waals surface area (Å²) in [6.07, 6.45) is 11.6. The monoisotopic (exact) mass is 288 g/mol.